The van der Waals surface area contributed by atoms with Crippen molar-refractivity contribution in [1.82, 2.24) is 15.1 Å². The molecule has 1 aliphatic rings. The molecule has 1 saturated heterocycles. The van der Waals surface area contributed by atoms with Crippen LogP contribution in [0.5, 0.6) is 0 Å². The Hall–Kier alpha value is -2.15. The van der Waals surface area contributed by atoms with Gasteiger partial charge in [0, 0.05) is 19.6 Å². The predicted molar refractivity (Wildman–Crippen MR) is 106 cm³/mol. The van der Waals surface area contributed by atoms with Gasteiger partial charge in [-0.25, -0.2) is 9.18 Å². The van der Waals surface area contributed by atoms with Crippen LogP contribution in [0.2, 0.25) is 0 Å². The number of rotatable bonds is 5. The van der Waals surface area contributed by atoms with Gasteiger partial charge in [-0.15, -0.1) is 0 Å². The zero-order valence-corrected chi connectivity index (χ0v) is 17.5. The Kier molecular flexibility index (Phi) is 7.41. The lowest BCUT2D eigenvalue weighted by molar-refractivity contribution is -0.126. The van der Waals surface area contributed by atoms with E-state index in [0.717, 1.165) is 18.4 Å². The van der Waals surface area contributed by atoms with Crippen molar-refractivity contribution in [3.05, 3.63) is 35.6 Å². The van der Waals surface area contributed by atoms with E-state index < -0.39 is 5.60 Å². The Labute approximate surface area is 167 Å². The van der Waals surface area contributed by atoms with Crippen LogP contribution in [-0.4, -0.2) is 61.1 Å². The largest absolute Gasteiger partial charge is 0.444 e. The van der Waals surface area contributed by atoms with E-state index in [1.807, 2.05) is 45.8 Å². The van der Waals surface area contributed by atoms with E-state index in [1.54, 1.807) is 11.0 Å². The molecule has 1 heterocycles. The minimum atomic E-state index is -0.559. The lowest BCUT2D eigenvalue weighted by Crippen LogP contribution is -2.47. The molecule has 1 aromatic carbocycles. The summed E-state index contributed by atoms with van der Waals surface area (Å²) in [7, 11) is 3.79. The first-order valence-corrected chi connectivity index (χ1v) is 9.74. The van der Waals surface area contributed by atoms with Crippen molar-refractivity contribution in [2.24, 2.45) is 5.92 Å². The van der Waals surface area contributed by atoms with E-state index in [2.05, 4.69) is 5.32 Å². The number of likely N-dealkylation sites (N-methyl/N-ethyl adjacent to an activating group) is 1. The van der Waals surface area contributed by atoms with Crippen LogP contribution in [0.1, 0.15) is 45.2 Å². The number of nitrogens with zero attached hydrogens (tertiary/aromatic N) is 2. The van der Waals surface area contributed by atoms with E-state index >= 15 is 0 Å². The molecule has 0 aromatic heterocycles. The van der Waals surface area contributed by atoms with Gasteiger partial charge in [0.1, 0.15) is 11.4 Å². The average Bonchev–Trinajstić information content (AvgIpc) is 2.60. The van der Waals surface area contributed by atoms with Gasteiger partial charge in [-0.2, -0.15) is 0 Å². The SMILES string of the molecule is CN(C)[C@H](CNC(=O)[C@@H]1CCCN(C(=O)OC(C)(C)C)C1)c1cccc(F)c1. The van der Waals surface area contributed by atoms with E-state index in [1.165, 1.54) is 12.1 Å². The minimum absolute atomic E-state index is 0.0866. The van der Waals surface area contributed by atoms with Crippen LogP contribution < -0.4 is 5.32 Å². The molecule has 1 aromatic rings. The maximum absolute atomic E-state index is 13.6. The molecule has 0 saturated carbocycles. The van der Waals surface area contributed by atoms with Crippen LogP contribution in [0.15, 0.2) is 24.3 Å². The van der Waals surface area contributed by atoms with Gasteiger partial charge in [-0.3, -0.25) is 4.79 Å². The van der Waals surface area contributed by atoms with Crippen molar-refractivity contribution in [3.8, 4) is 0 Å². The van der Waals surface area contributed by atoms with Crippen molar-refractivity contribution >= 4 is 12.0 Å². The van der Waals surface area contributed by atoms with Crippen molar-refractivity contribution in [2.45, 2.75) is 45.3 Å². The molecular formula is C21H32FN3O3. The average molecular weight is 394 g/mol. The highest BCUT2D eigenvalue weighted by atomic mass is 19.1. The number of nitrogens with one attached hydrogen (secondary N) is 1. The Morgan fingerprint density at radius 3 is 2.68 bits per heavy atom. The maximum atomic E-state index is 13.6. The molecule has 1 N–H and O–H groups in total. The van der Waals surface area contributed by atoms with Gasteiger partial charge >= 0.3 is 6.09 Å². The van der Waals surface area contributed by atoms with Crippen LogP contribution in [0, 0.1) is 11.7 Å². The second-order valence-electron chi connectivity index (χ2n) is 8.55. The van der Waals surface area contributed by atoms with E-state index in [9.17, 15) is 14.0 Å². The summed E-state index contributed by atoms with van der Waals surface area (Å²) >= 11 is 0. The lowest BCUT2D eigenvalue weighted by Gasteiger charge is -2.34. The van der Waals surface area contributed by atoms with Crippen molar-refractivity contribution in [1.29, 1.82) is 0 Å². The highest BCUT2D eigenvalue weighted by Crippen LogP contribution is 2.21. The fraction of sp³-hybridized carbons (Fsp3) is 0.619. The number of carbonyl (C=O) groups is 2. The van der Waals surface area contributed by atoms with Gasteiger partial charge in [0.25, 0.3) is 0 Å². The molecule has 1 aliphatic heterocycles. The van der Waals surface area contributed by atoms with E-state index in [4.69, 9.17) is 4.74 Å². The summed E-state index contributed by atoms with van der Waals surface area (Å²) in [5.41, 5.74) is 0.250. The van der Waals surface area contributed by atoms with Crippen LogP contribution in [0.3, 0.4) is 0 Å². The third-order valence-corrected chi connectivity index (χ3v) is 4.77. The fourth-order valence-electron chi connectivity index (χ4n) is 3.34. The van der Waals surface area contributed by atoms with Crippen LogP contribution >= 0.6 is 0 Å². The quantitative estimate of drug-likeness (QED) is 0.835. The normalized spacial score (nSPS) is 18.7. The molecule has 0 bridgehead atoms. The van der Waals surface area contributed by atoms with Crippen molar-refractivity contribution in [2.75, 3.05) is 33.7 Å². The molecule has 2 rings (SSSR count). The van der Waals surface area contributed by atoms with Gasteiger partial charge < -0.3 is 19.9 Å². The Balaban J connectivity index is 1.94. The van der Waals surface area contributed by atoms with Gasteiger partial charge in [0.05, 0.1) is 12.0 Å². The topological polar surface area (TPSA) is 61.9 Å². The zero-order chi connectivity index (χ0) is 20.9. The molecule has 2 amide bonds. The summed E-state index contributed by atoms with van der Waals surface area (Å²) in [6.45, 7) is 6.81. The monoisotopic (exact) mass is 393 g/mol. The predicted octanol–water partition coefficient (Wildman–Crippen LogP) is 3.19. The molecule has 7 heteroatoms. The molecule has 2 atom stereocenters. The second-order valence-corrected chi connectivity index (χ2v) is 8.55. The number of piperidine rings is 1. The summed E-state index contributed by atoms with van der Waals surface area (Å²) in [5.74, 6) is -0.649. The summed E-state index contributed by atoms with van der Waals surface area (Å²) in [4.78, 5) is 28.5. The summed E-state index contributed by atoms with van der Waals surface area (Å²) in [6, 6.07) is 6.28. The number of hydrogen-bond donors (Lipinski definition) is 1. The summed E-state index contributed by atoms with van der Waals surface area (Å²) in [6.07, 6.45) is 1.12. The lowest BCUT2D eigenvalue weighted by atomic mass is 9.97. The van der Waals surface area contributed by atoms with Crippen LogP contribution in [-0.2, 0) is 9.53 Å². The Morgan fingerprint density at radius 1 is 1.36 bits per heavy atom. The number of hydrogen-bond acceptors (Lipinski definition) is 4. The number of halogens is 1. The number of likely N-dealkylation sites (tertiary alicyclic amines) is 1. The molecule has 156 valence electrons. The third kappa shape index (κ3) is 6.48. The molecule has 28 heavy (non-hydrogen) atoms. The number of amides is 2. The van der Waals surface area contributed by atoms with Crippen molar-refractivity contribution < 1.29 is 18.7 Å². The molecular weight excluding hydrogens is 361 g/mol. The van der Waals surface area contributed by atoms with E-state index in [-0.39, 0.29) is 29.8 Å². The van der Waals surface area contributed by atoms with Crippen LogP contribution in [0.4, 0.5) is 9.18 Å². The first-order valence-electron chi connectivity index (χ1n) is 9.74. The van der Waals surface area contributed by atoms with Crippen LogP contribution in [0.25, 0.3) is 0 Å². The van der Waals surface area contributed by atoms with E-state index in [0.29, 0.717) is 19.6 Å². The number of carbonyl (C=O) groups excluding carboxylic acids is 2. The minimum Gasteiger partial charge on any atom is -0.444 e. The third-order valence-electron chi connectivity index (χ3n) is 4.77. The molecule has 0 spiro atoms. The maximum Gasteiger partial charge on any atom is 0.410 e. The summed E-state index contributed by atoms with van der Waals surface area (Å²) < 4.78 is 19.0. The zero-order valence-electron chi connectivity index (χ0n) is 17.5. The second kappa shape index (κ2) is 9.37. The number of ether oxygens (including phenoxy) is 1. The standard InChI is InChI=1S/C21H32FN3O3/c1-21(2,3)28-20(27)25-11-7-9-16(14-25)19(26)23-13-18(24(4)5)15-8-6-10-17(22)12-15/h6,8,10,12,16,18H,7,9,11,13-14H2,1-5H3,(H,23,26)/t16-,18-/m1/s1. The number of benzene rings is 1. The first-order chi connectivity index (χ1) is 13.1. The van der Waals surface area contributed by atoms with Gasteiger partial charge in [-0.05, 0) is 65.4 Å². The molecule has 1 fully saturated rings. The van der Waals surface area contributed by atoms with Crippen molar-refractivity contribution in [3.63, 3.8) is 0 Å². The Morgan fingerprint density at radius 2 is 2.07 bits per heavy atom. The molecule has 6 nitrogen and oxygen atoms in total. The molecule has 0 aliphatic carbocycles. The fourth-order valence-corrected chi connectivity index (χ4v) is 3.34. The smallest absolute Gasteiger partial charge is 0.410 e. The van der Waals surface area contributed by atoms with Gasteiger partial charge in [0.15, 0.2) is 0 Å². The first kappa shape index (κ1) is 22.1. The molecule has 0 unspecified atom stereocenters. The van der Waals surface area contributed by atoms with Gasteiger partial charge in [0.2, 0.25) is 5.91 Å². The van der Waals surface area contributed by atoms with Gasteiger partial charge in [-0.1, -0.05) is 12.1 Å². The summed E-state index contributed by atoms with van der Waals surface area (Å²) in [5, 5.41) is 2.98. The highest BCUT2D eigenvalue weighted by molar-refractivity contribution is 5.80. The Bertz CT molecular complexity index is 688. The highest BCUT2D eigenvalue weighted by Gasteiger charge is 2.31. The molecule has 0 radical (unpaired) electrons.